The zero-order valence-electron chi connectivity index (χ0n) is 16.1. The van der Waals surface area contributed by atoms with Gasteiger partial charge >= 0.3 is 0 Å². The van der Waals surface area contributed by atoms with Crippen LogP contribution in [0.1, 0.15) is 5.56 Å². The number of fused-ring (bicyclic) bond motifs is 2. The van der Waals surface area contributed by atoms with E-state index >= 15 is 0 Å². The maximum Gasteiger partial charge on any atom is 0.178 e. The molecule has 0 amide bonds. The van der Waals surface area contributed by atoms with E-state index in [9.17, 15) is 5.11 Å². The van der Waals surface area contributed by atoms with Gasteiger partial charge in [0.25, 0.3) is 0 Å². The van der Waals surface area contributed by atoms with E-state index < -0.39 is 0 Å². The van der Waals surface area contributed by atoms with Crippen LogP contribution in [-0.2, 0) is 7.05 Å². The molecule has 8 nitrogen and oxygen atoms in total. The number of aromatic nitrogens is 5. The summed E-state index contributed by atoms with van der Waals surface area (Å²) in [6.07, 6.45) is 3.71. The first-order chi connectivity index (χ1) is 13.5. The summed E-state index contributed by atoms with van der Waals surface area (Å²) >= 11 is 0. The van der Waals surface area contributed by atoms with E-state index in [0.29, 0.717) is 16.9 Å². The summed E-state index contributed by atoms with van der Waals surface area (Å²) in [6.45, 7) is 4.69. The second-order valence-corrected chi connectivity index (χ2v) is 7.39. The molecular formula is C20H21N7O. The number of nitrogens with zero attached hydrogens (tertiary/aromatic N) is 7. The zero-order chi connectivity index (χ0) is 19.4. The van der Waals surface area contributed by atoms with Gasteiger partial charge in [0.05, 0.1) is 24.1 Å². The molecule has 0 aliphatic carbocycles. The maximum absolute atomic E-state index is 10.7. The van der Waals surface area contributed by atoms with Crippen LogP contribution in [0.25, 0.3) is 33.3 Å². The molecule has 0 bridgehead atoms. The van der Waals surface area contributed by atoms with Gasteiger partial charge in [-0.2, -0.15) is 5.10 Å². The molecule has 1 saturated heterocycles. The molecule has 0 radical (unpaired) electrons. The number of aryl methyl sites for hydroxylation is 2. The molecule has 4 heterocycles. The molecule has 1 aromatic carbocycles. The van der Waals surface area contributed by atoms with Gasteiger partial charge in [0.15, 0.2) is 5.65 Å². The number of hydrogen-bond donors (Lipinski definition) is 1. The lowest BCUT2D eigenvalue weighted by Gasteiger charge is -2.16. The quantitative estimate of drug-likeness (QED) is 0.575. The lowest BCUT2D eigenvalue weighted by atomic mass is 10.0. The second-order valence-electron chi connectivity index (χ2n) is 7.39. The molecular weight excluding hydrogens is 354 g/mol. The summed E-state index contributed by atoms with van der Waals surface area (Å²) in [5.41, 5.74) is 4.19. The predicted octanol–water partition coefficient (Wildman–Crippen LogP) is 2.30. The summed E-state index contributed by atoms with van der Waals surface area (Å²) in [5.74, 6) is 1.06. The third-order valence-corrected chi connectivity index (χ3v) is 5.28. The lowest BCUT2D eigenvalue weighted by molar-refractivity contribution is 0.420. The molecule has 1 N–H and O–H groups in total. The van der Waals surface area contributed by atoms with Crippen molar-refractivity contribution in [2.24, 2.45) is 7.05 Å². The minimum Gasteiger partial charge on any atom is -0.507 e. The minimum atomic E-state index is 0.197. The molecule has 8 heteroatoms. The van der Waals surface area contributed by atoms with Crippen molar-refractivity contribution in [3.8, 4) is 17.0 Å². The number of pyridine rings is 1. The van der Waals surface area contributed by atoms with Crippen LogP contribution in [0.4, 0.5) is 5.82 Å². The van der Waals surface area contributed by atoms with Gasteiger partial charge in [0.1, 0.15) is 17.1 Å². The number of anilines is 1. The van der Waals surface area contributed by atoms with Crippen LogP contribution in [0.5, 0.6) is 5.75 Å². The van der Waals surface area contributed by atoms with Crippen LogP contribution < -0.4 is 4.90 Å². The topological polar surface area (TPSA) is 83.2 Å². The Kier molecular flexibility index (Phi) is 3.70. The number of phenolic OH excluding ortho intramolecular Hbond substituents is 1. The van der Waals surface area contributed by atoms with E-state index in [1.54, 1.807) is 10.9 Å². The normalized spacial score (nSPS) is 15.2. The van der Waals surface area contributed by atoms with Crippen LogP contribution in [0, 0.1) is 6.92 Å². The Balaban J connectivity index is 1.58. The molecule has 3 aromatic heterocycles. The minimum absolute atomic E-state index is 0.197. The highest BCUT2D eigenvalue weighted by atomic mass is 16.3. The summed E-state index contributed by atoms with van der Waals surface area (Å²) in [6, 6.07) is 5.71. The number of benzene rings is 1. The molecule has 142 valence electrons. The fourth-order valence-corrected chi connectivity index (χ4v) is 3.75. The molecule has 0 spiro atoms. The van der Waals surface area contributed by atoms with Crippen LogP contribution in [-0.4, -0.2) is 61.5 Å². The first kappa shape index (κ1) is 16.9. The van der Waals surface area contributed by atoms with Gasteiger partial charge in [-0.25, -0.2) is 15.0 Å². The highest BCUT2D eigenvalue weighted by Gasteiger charge is 2.19. The van der Waals surface area contributed by atoms with E-state index in [2.05, 4.69) is 31.9 Å². The third kappa shape index (κ3) is 2.65. The summed E-state index contributed by atoms with van der Waals surface area (Å²) in [5, 5.41) is 16.1. The standard InChI is InChI=1S/C20H21N7O/c1-12-18-13(10-26(3)24-18)8-14(19(12)28)15-4-5-16-20(23-15)21-9-17(22-16)27-7-6-25(2)11-27/h4-5,8-10,28H,6-7,11H2,1-3H3. The molecule has 0 unspecified atom stereocenters. The average molecular weight is 375 g/mol. The molecule has 5 rings (SSSR count). The summed E-state index contributed by atoms with van der Waals surface area (Å²) in [4.78, 5) is 18.3. The number of aromatic hydroxyl groups is 1. The SMILES string of the molecule is Cc1c(O)c(-c2ccc3nc(N4CCN(C)C4)cnc3n2)cc2cn(C)nc12. The van der Waals surface area contributed by atoms with Crippen molar-refractivity contribution in [2.75, 3.05) is 31.7 Å². The van der Waals surface area contributed by atoms with Crippen LogP contribution in [0.3, 0.4) is 0 Å². The Hall–Kier alpha value is -3.26. The van der Waals surface area contributed by atoms with Crippen LogP contribution in [0.15, 0.2) is 30.6 Å². The molecule has 28 heavy (non-hydrogen) atoms. The molecule has 0 saturated carbocycles. The fourth-order valence-electron chi connectivity index (χ4n) is 3.75. The highest BCUT2D eigenvalue weighted by molar-refractivity contribution is 5.91. The highest BCUT2D eigenvalue weighted by Crippen LogP contribution is 2.36. The molecule has 1 aliphatic rings. The Morgan fingerprint density at radius 1 is 1.11 bits per heavy atom. The number of hydrogen-bond acceptors (Lipinski definition) is 7. The van der Waals surface area contributed by atoms with Crippen molar-refractivity contribution in [2.45, 2.75) is 6.92 Å². The first-order valence-corrected chi connectivity index (χ1v) is 9.23. The lowest BCUT2D eigenvalue weighted by Crippen LogP contribution is -2.23. The van der Waals surface area contributed by atoms with Gasteiger partial charge in [0, 0.05) is 42.8 Å². The van der Waals surface area contributed by atoms with E-state index in [4.69, 9.17) is 4.98 Å². The van der Waals surface area contributed by atoms with Gasteiger partial charge in [-0.3, -0.25) is 9.58 Å². The van der Waals surface area contributed by atoms with E-state index in [0.717, 1.165) is 47.6 Å². The van der Waals surface area contributed by atoms with Gasteiger partial charge in [-0.1, -0.05) is 0 Å². The molecule has 1 fully saturated rings. The van der Waals surface area contributed by atoms with Crippen molar-refractivity contribution in [3.05, 3.63) is 36.2 Å². The molecule has 1 aliphatic heterocycles. The summed E-state index contributed by atoms with van der Waals surface area (Å²) in [7, 11) is 3.96. The smallest absolute Gasteiger partial charge is 0.178 e. The monoisotopic (exact) mass is 375 g/mol. The molecule has 4 aromatic rings. The Morgan fingerprint density at radius 3 is 2.75 bits per heavy atom. The average Bonchev–Trinajstić information content (AvgIpc) is 3.29. The number of rotatable bonds is 2. The fraction of sp³-hybridized carbons (Fsp3) is 0.300. The maximum atomic E-state index is 10.7. The van der Waals surface area contributed by atoms with Crippen molar-refractivity contribution in [1.29, 1.82) is 0 Å². The predicted molar refractivity (Wildman–Crippen MR) is 108 cm³/mol. The van der Waals surface area contributed by atoms with Crippen LogP contribution in [0.2, 0.25) is 0 Å². The Morgan fingerprint density at radius 2 is 1.96 bits per heavy atom. The van der Waals surface area contributed by atoms with Crippen molar-refractivity contribution in [3.63, 3.8) is 0 Å². The summed E-state index contributed by atoms with van der Waals surface area (Å²) < 4.78 is 1.75. The van der Waals surface area contributed by atoms with Crippen LogP contribution >= 0.6 is 0 Å². The van der Waals surface area contributed by atoms with E-state index in [-0.39, 0.29) is 5.75 Å². The second kappa shape index (κ2) is 6.13. The van der Waals surface area contributed by atoms with E-state index in [1.165, 1.54) is 0 Å². The van der Waals surface area contributed by atoms with E-state index in [1.807, 2.05) is 38.4 Å². The van der Waals surface area contributed by atoms with Crippen molar-refractivity contribution < 1.29 is 5.11 Å². The Labute approximate surface area is 162 Å². The van der Waals surface area contributed by atoms with Gasteiger partial charge in [0.2, 0.25) is 0 Å². The first-order valence-electron chi connectivity index (χ1n) is 9.23. The Bertz CT molecular complexity index is 1220. The van der Waals surface area contributed by atoms with Crippen molar-refractivity contribution in [1.82, 2.24) is 29.6 Å². The van der Waals surface area contributed by atoms with Crippen molar-refractivity contribution >= 4 is 27.9 Å². The molecule has 0 atom stereocenters. The number of likely N-dealkylation sites (N-methyl/N-ethyl adjacent to an activating group) is 1. The number of phenols is 1. The van der Waals surface area contributed by atoms with Gasteiger partial charge in [-0.15, -0.1) is 0 Å². The van der Waals surface area contributed by atoms with Gasteiger partial charge in [-0.05, 0) is 32.2 Å². The van der Waals surface area contributed by atoms with Gasteiger partial charge < -0.3 is 10.0 Å². The zero-order valence-corrected chi connectivity index (χ0v) is 16.1. The largest absolute Gasteiger partial charge is 0.507 e. The third-order valence-electron chi connectivity index (χ3n) is 5.28.